The zero-order chi connectivity index (χ0) is 18.7. The maximum Gasteiger partial charge on any atom is 0.191 e. The molecule has 1 aliphatic carbocycles. The van der Waals surface area contributed by atoms with Crippen LogP contribution in [0.1, 0.15) is 73.1 Å². The van der Waals surface area contributed by atoms with Crippen molar-refractivity contribution in [3.63, 3.8) is 0 Å². The number of hydrogen-bond acceptors (Lipinski definition) is 3. The topological polar surface area (TPSA) is 59.9 Å². The summed E-state index contributed by atoms with van der Waals surface area (Å²) < 4.78 is 0. The molecule has 1 aliphatic rings. The highest BCUT2D eigenvalue weighted by Gasteiger charge is 2.31. The second-order valence-electron chi connectivity index (χ2n) is 8.08. The van der Waals surface area contributed by atoms with Crippen LogP contribution in [0.3, 0.4) is 0 Å². The van der Waals surface area contributed by atoms with Crippen molar-refractivity contribution in [1.82, 2.24) is 15.5 Å². The Balaban J connectivity index is 0.00000625. The average molecular weight is 482 g/mol. The van der Waals surface area contributed by atoms with Gasteiger partial charge in [-0.15, -0.1) is 24.0 Å². The molecule has 0 aromatic rings. The van der Waals surface area contributed by atoms with Crippen molar-refractivity contribution >= 4 is 29.9 Å². The number of rotatable bonds is 10. The van der Waals surface area contributed by atoms with E-state index in [2.05, 4.69) is 50.2 Å². The molecule has 1 saturated carbocycles. The van der Waals surface area contributed by atoms with E-state index in [0.29, 0.717) is 12.1 Å². The molecule has 0 bridgehead atoms. The Hall–Kier alpha value is -0.0800. The molecule has 0 radical (unpaired) electrons. The summed E-state index contributed by atoms with van der Waals surface area (Å²) in [4.78, 5) is 7.37. The van der Waals surface area contributed by atoms with E-state index in [0.717, 1.165) is 38.6 Å². The predicted molar refractivity (Wildman–Crippen MR) is 124 cm³/mol. The first kappa shape index (κ1) is 25.9. The molecule has 0 spiro atoms. The van der Waals surface area contributed by atoms with Crippen LogP contribution >= 0.6 is 24.0 Å². The van der Waals surface area contributed by atoms with Gasteiger partial charge in [0.05, 0.1) is 0 Å². The zero-order valence-corrected chi connectivity index (χ0v) is 20.0. The molecule has 1 rings (SSSR count). The minimum atomic E-state index is 0. The Morgan fingerprint density at radius 3 is 2.19 bits per heavy atom. The van der Waals surface area contributed by atoms with Crippen LogP contribution in [0.5, 0.6) is 0 Å². The van der Waals surface area contributed by atoms with Crippen LogP contribution in [0.4, 0.5) is 0 Å². The molecule has 0 heterocycles. The lowest BCUT2D eigenvalue weighted by Crippen LogP contribution is -2.45. The van der Waals surface area contributed by atoms with Gasteiger partial charge < -0.3 is 15.7 Å². The maximum absolute atomic E-state index is 9.47. The monoisotopic (exact) mass is 482 g/mol. The molecule has 0 saturated heterocycles. The summed E-state index contributed by atoms with van der Waals surface area (Å²) in [7, 11) is 0. The fourth-order valence-electron chi connectivity index (χ4n) is 4.03. The van der Waals surface area contributed by atoms with E-state index in [1.807, 2.05) is 0 Å². The number of nitrogens with zero attached hydrogens (tertiary/aromatic N) is 2. The van der Waals surface area contributed by atoms with Crippen LogP contribution in [-0.4, -0.2) is 60.8 Å². The summed E-state index contributed by atoms with van der Waals surface area (Å²) in [6.07, 6.45) is 7.16. The molecule has 156 valence electrons. The lowest BCUT2D eigenvalue weighted by atomic mass is 9.72. The largest absolute Gasteiger partial charge is 0.396 e. The Morgan fingerprint density at radius 2 is 1.69 bits per heavy atom. The first-order valence-electron chi connectivity index (χ1n) is 10.3. The Bertz CT molecular complexity index is 368. The van der Waals surface area contributed by atoms with Gasteiger partial charge in [-0.3, -0.25) is 9.89 Å². The number of halogens is 1. The van der Waals surface area contributed by atoms with Gasteiger partial charge in [0.2, 0.25) is 0 Å². The van der Waals surface area contributed by atoms with Crippen LogP contribution in [0.15, 0.2) is 4.99 Å². The molecule has 0 atom stereocenters. The van der Waals surface area contributed by atoms with Crippen molar-refractivity contribution in [2.45, 2.75) is 85.2 Å². The van der Waals surface area contributed by atoms with Crippen molar-refractivity contribution < 1.29 is 5.11 Å². The van der Waals surface area contributed by atoms with E-state index in [4.69, 9.17) is 4.99 Å². The lowest BCUT2D eigenvalue weighted by Gasteiger charge is -2.36. The molecule has 0 aliphatic heterocycles. The third-order valence-corrected chi connectivity index (χ3v) is 5.46. The number of guanidine groups is 1. The third-order valence-electron chi connectivity index (χ3n) is 5.46. The SMILES string of the molecule is CCNC(=NCC1(CCO)CCCCC1)NCCN(C(C)C)C(C)C.I. The smallest absolute Gasteiger partial charge is 0.191 e. The molecule has 0 aromatic carbocycles. The van der Waals surface area contributed by atoms with Gasteiger partial charge in [-0.1, -0.05) is 19.3 Å². The second-order valence-corrected chi connectivity index (χ2v) is 8.08. The first-order chi connectivity index (χ1) is 11.9. The fourth-order valence-corrected chi connectivity index (χ4v) is 4.03. The second kappa shape index (κ2) is 14.0. The molecule has 6 heteroatoms. The molecule has 0 amide bonds. The van der Waals surface area contributed by atoms with E-state index in [9.17, 15) is 5.11 Å². The first-order valence-corrected chi connectivity index (χ1v) is 10.3. The summed E-state index contributed by atoms with van der Waals surface area (Å²) in [5.41, 5.74) is 0.206. The van der Waals surface area contributed by atoms with Crippen molar-refractivity contribution in [2.24, 2.45) is 10.4 Å². The van der Waals surface area contributed by atoms with Crippen molar-refractivity contribution in [1.29, 1.82) is 0 Å². The van der Waals surface area contributed by atoms with Gasteiger partial charge in [0, 0.05) is 44.9 Å². The molecule has 5 nitrogen and oxygen atoms in total. The number of aliphatic imine (C=N–C) groups is 1. The highest BCUT2D eigenvalue weighted by Crippen LogP contribution is 2.39. The molecule has 0 aromatic heterocycles. The van der Waals surface area contributed by atoms with Crippen LogP contribution in [0, 0.1) is 5.41 Å². The summed E-state index contributed by atoms with van der Waals surface area (Å²) in [6, 6.07) is 1.10. The minimum Gasteiger partial charge on any atom is -0.396 e. The van der Waals surface area contributed by atoms with Gasteiger partial charge in [0.1, 0.15) is 0 Å². The Kier molecular flexibility index (Phi) is 14.0. The van der Waals surface area contributed by atoms with Gasteiger partial charge >= 0.3 is 0 Å². The summed E-state index contributed by atoms with van der Waals surface area (Å²) in [6.45, 7) is 15.0. The number of nitrogens with one attached hydrogen (secondary N) is 2. The molecular formula is C20H43IN4O. The van der Waals surface area contributed by atoms with Crippen molar-refractivity contribution in [2.75, 3.05) is 32.8 Å². The van der Waals surface area contributed by atoms with Crippen LogP contribution < -0.4 is 10.6 Å². The van der Waals surface area contributed by atoms with Crippen LogP contribution in [0.2, 0.25) is 0 Å². The van der Waals surface area contributed by atoms with Crippen LogP contribution in [-0.2, 0) is 0 Å². The predicted octanol–water partition coefficient (Wildman–Crippen LogP) is 3.61. The van der Waals surface area contributed by atoms with Gasteiger partial charge in [-0.25, -0.2) is 0 Å². The van der Waals surface area contributed by atoms with Crippen LogP contribution in [0.25, 0.3) is 0 Å². The van der Waals surface area contributed by atoms with E-state index in [-0.39, 0.29) is 36.0 Å². The standard InChI is InChI=1S/C20H42N4O.HI/c1-6-21-19(22-13-14-24(17(2)3)18(4)5)23-16-20(12-15-25)10-8-7-9-11-20;/h17-18,25H,6-16H2,1-5H3,(H2,21,22,23);1H. The minimum absolute atomic E-state index is 0. The normalized spacial score (nSPS) is 17.5. The van der Waals surface area contributed by atoms with Gasteiger partial charge in [-0.2, -0.15) is 0 Å². The summed E-state index contributed by atoms with van der Waals surface area (Å²) in [5, 5.41) is 16.3. The van der Waals surface area contributed by atoms with Gasteiger partial charge in [-0.05, 0) is 59.3 Å². The fraction of sp³-hybridized carbons (Fsp3) is 0.950. The van der Waals surface area contributed by atoms with Crippen molar-refractivity contribution in [3.8, 4) is 0 Å². The number of aliphatic hydroxyl groups excluding tert-OH is 1. The average Bonchev–Trinajstić information content (AvgIpc) is 2.57. The van der Waals surface area contributed by atoms with E-state index >= 15 is 0 Å². The maximum atomic E-state index is 9.47. The Morgan fingerprint density at radius 1 is 1.08 bits per heavy atom. The van der Waals surface area contributed by atoms with Gasteiger partial charge in [0.25, 0.3) is 0 Å². The van der Waals surface area contributed by atoms with Crippen molar-refractivity contribution in [3.05, 3.63) is 0 Å². The molecule has 1 fully saturated rings. The molecule has 26 heavy (non-hydrogen) atoms. The van der Waals surface area contributed by atoms with E-state index < -0.39 is 0 Å². The molecule has 0 unspecified atom stereocenters. The number of hydrogen-bond donors (Lipinski definition) is 3. The van der Waals surface area contributed by atoms with E-state index in [1.165, 1.54) is 32.1 Å². The van der Waals surface area contributed by atoms with E-state index in [1.54, 1.807) is 0 Å². The lowest BCUT2D eigenvalue weighted by molar-refractivity contribution is 0.137. The summed E-state index contributed by atoms with van der Waals surface area (Å²) >= 11 is 0. The molecule has 3 N–H and O–H groups in total. The van der Waals surface area contributed by atoms with Gasteiger partial charge in [0.15, 0.2) is 5.96 Å². The zero-order valence-electron chi connectivity index (χ0n) is 17.7. The summed E-state index contributed by atoms with van der Waals surface area (Å²) in [5.74, 6) is 0.915. The third kappa shape index (κ3) is 9.22. The number of aliphatic hydroxyl groups is 1. The quantitative estimate of drug-likeness (QED) is 0.253. The highest BCUT2D eigenvalue weighted by atomic mass is 127. The highest BCUT2D eigenvalue weighted by molar-refractivity contribution is 14.0. The molecular weight excluding hydrogens is 439 g/mol. The Labute approximate surface area is 178 Å².